The van der Waals surface area contributed by atoms with E-state index in [0.717, 1.165) is 11.1 Å². The molecule has 0 radical (unpaired) electrons. The van der Waals surface area contributed by atoms with Crippen LogP contribution in [0.4, 0.5) is 0 Å². The highest BCUT2D eigenvalue weighted by molar-refractivity contribution is 5.57. The first-order chi connectivity index (χ1) is 9.22. The number of aromatic nitrogens is 4. The molecule has 0 aliphatic carbocycles. The molecule has 0 saturated carbocycles. The molecule has 0 aliphatic heterocycles. The van der Waals surface area contributed by atoms with Crippen molar-refractivity contribution < 1.29 is 4.52 Å². The molecule has 94 valence electrons. The van der Waals surface area contributed by atoms with Crippen LogP contribution in [0.2, 0.25) is 0 Å². The van der Waals surface area contributed by atoms with Gasteiger partial charge in [-0.15, -0.1) is 0 Å². The Morgan fingerprint density at radius 2 is 1.89 bits per heavy atom. The molecule has 0 aliphatic rings. The second kappa shape index (κ2) is 4.49. The third kappa shape index (κ3) is 2.28. The summed E-state index contributed by atoms with van der Waals surface area (Å²) in [5.41, 5.74) is 2.19. The van der Waals surface area contributed by atoms with Gasteiger partial charge in [0.1, 0.15) is 5.69 Å². The van der Waals surface area contributed by atoms with E-state index in [0.29, 0.717) is 11.5 Å². The Hall–Kier alpha value is -2.76. The monoisotopic (exact) mass is 254 g/mol. The molecular formula is C13H10N4O2. The lowest BCUT2D eigenvalue weighted by Gasteiger charge is -1.94. The number of hydrogen-bond acceptors (Lipinski definition) is 5. The van der Waals surface area contributed by atoms with Crippen LogP contribution in [0, 0.1) is 6.92 Å². The molecule has 0 amide bonds. The normalized spacial score (nSPS) is 10.6. The summed E-state index contributed by atoms with van der Waals surface area (Å²) in [5.74, 6) is 0.759. The molecule has 0 unspecified atom stereocenters. The summed E-state index contributed by atoms with van der Waals surface area (Å²) >= 11 is 0. The maximum Gasteiger partial charge on any atom is 0.278 e. The van der Waals surface area contributed by atoms with Gasteiger partial charge in [0.2, 0.25) is 5.82 Å². The van der Waals surface area contributed by atoms with Crippen molar-refractivity contribution in [1.82, 2.24) is 20.3 Å². The van der Waals surface area contributed by atoms with Crippen molar-refractivity contribution in [2.24, 2.45) is 0 Å². The van der Waals surface area contributed by atoms with Gasteiger partial charge in [-0.3, -0.25) is 4.79 Å². The average molecular weight is 254 g/mol. The van der Waals surface area contributed by atoms with Crippen LogP contribution < -0.4 is 5.56 Å². The zero-order valence-electron chi connectivity index (χ0n) is 10.1. The predicted octanol–water partition coefficient (Wildman–Crippen LogP) is 1.80. The number of H-pyrrole nitrogens is 1. The molecule has 6 heteroatoms. The lowest BCUT2D eigenvalue weighted by Crippen LogP contribution is -2.05. The number of aryl methyl sites for hydroxylation is 1. The summed E-state index contributed by atoms with van der Waals surface area (Å²) in [6, 6.07) is 10.7. The first-order valence-electron chi connectivity index (χ1n) is 5.69. The number of nitrogens with one attached hydrogen (secondary N) is 1. The molecule has 2 heterocycles. The van der Waals surface area contributed by atoms with Gasteiger partial charge < -0.3 is 4.52 Å². The smallest absolute Gasteiger partial charge is 0.278 e. The van der Waals surface area contributed by atoms with E-state index in [-0.39, 0.29) is 11.4 Å². The fraction of sp³-hybridized carbons (Fsp3) is 0.0769. The van der Waals surface area contributed by atoms with E-state index in [2.05, 4.69) is 20.3 Å². The van der Waals surface area contributed by atoms with Crippen LogP contribution >= 0.6 is 0 Å². The molecule has 1 aromatic carbocycles. The minimum absolute atomic E-state index is 0.270. The number of benzene rings is 1. The first-order valence-corrected chi connectivity index (χ1v) is 5.69. The van der Waals surface area contributed by atoms with Gasteiger partial charge in [-0.25, -0.2) is 5.10 Å². The fourth-order valence-corrected chi connectivity index (χ4v) is 1.61. The molecule has 2 aromatic heterocycles. The zero-order chi connectivity index (χ0) is 13.2. The predicted molar refractivity (Wildman–Crippen MR) is 68.3 cm³/mol. The summed E-state index contributed by atoms with van der Waals surface area (Å²) in [7, 11) is 0. The van der Waals surface area contributed by atoms with E-state index in [1.807, 2.05) is 31.2 Å². The van der Waals surface area contributed by atoms with E-state index in [9.17, 15) is 4.79 Å². The fourth-order valence-electron chi connectivity index (χ4n) is 1.61. The third-order valence-electron chi connectivity index (χ3n) is 2.63. The van der Waals surface area contributed by atoms with Crippen molar-refractivity contribution in [3.8, 4) is 23.0 Å². The molecular weight excluding hydrogens is 244 g/mol. The largest absolute Gasteiger partial charge is 0.332 e. The van der Waals surface area contributed by atoms with Crippen LogP contribution in [0.1, 0.15) is 5.56 Å². The van der Waals surface area contributed by atoms with Crippen LogP contribution in [-0.2, 0) is 0 Å². The SMILES string of the molecule is Cc1ccc(-c2noc(-c3ccc(=O)[nH]n3)n2)cc1. The van der Waals surface area contributed by atoms with Crippen molar-refractivity contribution in [2.45, 2.75) is 6.92 Å². The lowest BCUT2D eigenvalue weighted by atomic mass is 10.1. The molecule has 0 fully saturated rings. The van der Waals surface area contributed by atoms with E-state index < -0.39 is 0 Å². The maximum atomic E-state index is 10.9. The maximum absolute atomic E-state index is 10.9. The first kappa shape index (κ1) is 11.3. The van der Waals surface area contributed by atoms with Crippen molar-refractivity contribution in [2.75, 3.05) is 0 Å². The highest BCUT2D eigenvalue weighted by Gasteiger charge is 2.11. The van der Waals surface area contributed by atoms with Crippen LogP contribution in [0.5, 0.6) is 0 Å². The standard InChI is InChI=1S/C13H10N4O2/c1-8-2-4-9(5-3-8)12-14-13(19-17-12)10-6-7-11(18)16-15-10/h2-7H,1H3,(H,16,18). The van der Waals surface area contributed by atoms with E-state index in [1.165, 1.54) is 12.1 Å². The third-order valence-corrected chi connectivity index (χ3v) is 2.63. The Labute approximate surface area is 108 Å². The highest BCUT2D eigenvalue weighted by Crippen LogP contribution is 2.20. The van der Waals surface area contributed by atoms with Crippen molar-refractivity contribution in [3.63, 3.8) is 0 Å². The molecule has 0 saturated heterocycles. The molecule has 19 heavy (non-hydrogen) atoms. The Kier molecular flexibility index (Phi) is 2.68. The van der Waals surface area contributed by atoms with Crippen molar-refractivity contribution in [1.29, 1.82) is 0 Å². The van der Waals surface area contributed by atoms with Gasteiger partial charge in [0.15, 0.2) is 0 Å². The Morgan fingerprint density at radius 1 is 1.11 bits per heavy atom. The molecule has 3 aromatic rings. The molecule has 0 spiro atoms. The quantitative estimate of drug-likeness (QED) is 0.753. The second-order valence-electron chi connectivity index (χ2n) is 4.10. The van der Waals surface area contributed by atoms with Gasteiger partial charge in [-0.1, -0.05) is 35.0 Å². The van der Waals surface area contributed by atoms with Gasteiger partial charge >= 0.3 is 0 Å². The van der Waals surface area contributed by atoms with Crippen molar-refractivity contribution in [3.05, 3.63) is 52.3 Å². The molecule has 0 atom stereocenters. The summed E-state index contributed by atoms with van der Waals surface area (Å²) in [4.78, 5) is 15.2. The number of rotatable bonds is 2. The van der Waals surface area contributed by atoms with E-state index >= 15 is 0 Å². The second-order valence-corrected chi connectivity index (χ2v) is 4.10. The number of hydrogen-bond donors (Lipinski definition) is 1. The highest BCUT2D eigenvalue weighted by atomic mass is 16.5. The van der Waals surface area contributed by atoms with Gasteiger partial charge in [-0.2, -0.15) is 10.1 Å². The Bertz CT molecular complexity index is 738. The number of nitrogens with zero attached hydrogens (tertiary/aromatic N) is 3. The minimum atomic E-state index is -0.276. The summed E-state index contributed by atoms with van der Waals surface area (Å²) in [6.07, 6.45) is 0. The van der Waals surface area contributed by atoms with Crippen LogP contribution in [-0.4, -0.2) is 20.3 Å². The molecule has 6 nitrogen and oxygen atoms in total. The van der Waals surface area contributed by atoms with E-state index in [1.54, 1.807) is 0 Å². The lowest BCUT2D eigenvalue weighted by molar-refractivity contribution is 0.430. The van der Waals surface area contributed by atoms with Crippen LogP contribution in [0.15, 0.2) is 45.7 Å². The van der Waals surface area contributed by atoms with Crippen LogP contribution in [0.25, 0.3) is 23.0 Å². The Morgan fingerprint density at radius 3 is 2.58 bits per heavy atom. The van der Waals surface area contributed by atoms with E-state index in [4.69, 9.17) is 4.52 Å². The topological polar surface area (TPSA) is 84.7 Å². The zero-order valence-corrected chi connectivity index (χ0v) is 10.1. The molecule has 0 bridgehead atoms. The summed E-state index contributed by atoms with van der Waals surface area (Å²) in [6.45, 7) is 2.01. The van der Waals surface area contributed by atoms with Crippen molar-refractivity contribution >= 4 is 0 Å². The van der Waals surface area contributed by atoms with Gasteiger partial charge in [-0.05, 0) is 13.0 Å². The summed E-state index contributed by atoms with van der Waals surface area (Å²) in [5, 5.41) is 10.1. The molecule has 1 N–H and O–H groups in total. The molecule has 3 rings (SSSR count). The van der Waals surface area contributed by atoms with Gasteiger partial charge in [0, 0.05) is 11.6 Å². The Balaban J connectivity index is 1.97. The number of aromatic amines is 1. The summed E-state index contributed by atoms with van der Waals surface area (Å²) < 4.78 is 5.13. The van der Waals surface area contributed by atoms with Crippen LogP contribution in [0.3, 0.4) is 0 Å². The minimum Gasteiger partial charge on any atom is -0.332 e. The average Bonchev–Trinajstić information content (AvgIpc) is 2.90. The van der Waals surface area contributed by atoms with Gasteiger partial charge in [0.25, 0.3) is 11.4 Å². The van der Waals surface area contributed by atoms with Gasteiger partial charge in [0.05, 0.1) is 0 Å².